The fourth-order valence-electron chi connectivity index (χ4n) is 2.16. The molecule has 0 saturated heterocycles. The minimum atomic E-state index is -0.796. The van der Waals surface area contributed by atoms with Crippen LogP contribution in [0.3, 0.4) is 0 Å². The first kappa shape index (κ1) is 19.4. The molecule has 0 aliphatic carbocycles. The van der Waals surface area contributed by atoms with E-state index in [-0.39, 0.29) is 18.8 Å². The van der Waals surface area contributed by atoms with Crippen molar-refractivity contribution in [1.82, 2.24) is 10.9 Å². The SMILES string of the molecule is CCc1ccc(C(=O)NNC(=O)CCCOc2ccc(F)cc2F)cc1. The lowest BCUT2D eigenvalue weighted by Gasteiger charge is -2.09. The van der Waals surface area contributed by atoms with Crippen LogP contribution >= 0.6 is 0 Å². The Labute approximate surface area is 150 Å². The van der Waals surface area contributed by atoms with Gasteiger partial charge in [0.2, 0.25) is 5.91 Å². The molecule has 0 aliphatic heterocycles. The Morgan fingerprint density at radius 1 is 1.04 bits per heavy atom. The van der Waals surface area contributed by atoms with Crippen LogP contribution in [0.1, 0.15) is 35.7 Å². The van der Waals surface area contributed by atoms with Crippen LogP contribution in [0.15, 0.2) is 42.5 Å². The number of hydrazine groups is 1. The maximum absolute atomic E-state index is 13.4. The number of benzene rings is 2. The monoisotopic (exact) mass is 362 g/mol. The van der Waals surface area contributed by atoms with Gasteiger partial charge in [-0.1, -0.05) is 19.1 Å². The van der Waals surface area contributed by atoms with E-state index in [0.717, 1.165) is 24.1 Å². The van der Waals surface area contributed by atoms with Gasteiger partial charge in [-0.3, -0.25) is 20.4 Å². The first-order valence-corrected chi connectivity index (χ1v) is 8.25. The van der Waals surface area contributed by atoms with Gasteiger partial charge in [0, 0.05) is 18.1 Å². The maximum atomic E-state index is 13.4. The van der Waals surface area contributed by atoms with Gasteiger partial charge in [0.15, 0.2) is 11.6 Å². The Morgan fingerprint density at radius 3 is 2.42 bits per heavy atom. The van der Waals surface area contributed by atoms with Gasteiger partial charge in [-0.2, -0.15) is 0 Å². The molecule has 2 aromatic rings. The van der Waals surface area contributed by atoms with E-state index >= 15 is 0 Å². The molecule has 0 aliphatic rings. The Kier molecular flexibility index (Phi) is 7.08. The number of amides is 2. The van der Waals surface area contributed by atoms with Crippen LogP contribution in [0.2, 0.25) is 0 Å². The number of aryl methyl sites for hydroxylation is 1. The predicted octanol–water partition coefficient (Wildman–Crippen LogP) is 3.15. The summed E-state index contributed by atoms with van der Waals surface area (Å²) < 4.78 is 31.3. The summed E-state index contributed by atoms with van der Waals surface area (Å²) in [6, 6.07) is 10.1. The van der Waals surface area contributed by atoms with E-state index in [9.17, 15) is 18.4 Å². The third-order valence-corrected chi connectivity index (χ3v) is 3.64. The minimum absolute atomic E-state index is 0.0735. The molecule has 138 valence electrons. The fourth-order valence-corrected chi connectivity index (χ4v) is 2.16. The van der Waals surface area contributed by atoms with Gasteiger partial charge in [0.1, 0.15) is 5.82 Å². The van der Waals surface area contributed by atoms with Crippen molar-refractivity contribution in [2.45, 2.75) is 26.2 Å². The second-order valence-electron chi connectivity index (χ2n) is 5.58. The second-order valence-corrected chi connectivity index (χ2v) is 5.58. The molecular formula is C19H20F2N2O3. The molecule has 0 radical (unpaired) electrons. The van der Waals surface area contributed by atoms with E-state index in [4.69, 9.17) is 4.74 Å². The third kappa shape index (κ3) is 5.84. The molecule has 2 aromatic carbocycles. The standard InChI is InChI=1S/C19H20F2N2O3/c1-2-13-5-7-14(8-6-13)19(25)23-22-18(24)4-3-11-26-17-10-9-15(20)12-16(17)21/h5-10,12H,2-4,11H2,1H3,(H,22,24)(H,23,25). The molecule has 0 aromatic heterocycles. The predicted molar refractivity (Wildman–Crippen MR) is 92.5 cm³/mol. The molecule has 7 heteroatoms. The molecule has 2 N–H and O–H groups in total. The van der Waals surface area contributed by atoms with Crippen molar-refractivity contribution in [3.05, 3.63) is 65.2 Å². The van der Waals surface area contributed by atoms with Crippen molar-refractivity contribution in [2.24, 2.45) is 0 Å². The summed E-state index contributed by atoms with van der Waals surface area (Å²) in [6.07, 6.45) is 1.27. The van der Waals surface area contributed by atoms with Crippen LogP contribution < -0.4 is 15.6 Å². The van der Waals surface area contributed by atoms with Gasteiger partial charge in [-0.15, -0.1) is 0 Å². The zero-order valence-corrected chi connectivity index (χ0v) is 14.4. The normalized spacial score (nSPS) is 10.3. The zero-order chi connectivity index (χ0) is 18.9. The van der Waals surface area contributed by atoms with E-state index in [1.165, 1.54) is 6.07 Å². The molecule has 0 unspecified atom stereocenters. The van der Waals surface area contributed by atoms with Gasteiger partial charge in [0.25, 0.3) is 5.91 Å². The summed E-state index contributed by atoms with van der Waals surface area (Å²) in [6.45, 7) is 2.10. The molecule has 26 heavy (non-hydrogen) atoms. The van der Waals surface area contributed by atoms with Gasteiger partial charge < -0.3 is 4.74 Å². The van der Waals surface area contributed by atoms with E-state index in [0.29, 0.717) is 12.0 Å². The summed E-state index contributed by atoms with van der Waals surface area (Å²) in [5.74, 6) is -2.36. The lowest BCUT2D eigenvalue weighted by Crippen LogP contribution is -2.41. The van der Waals surface area contributed by atoms with Gasteiger partial charge in [-0.05, 0) is 42.7 Å². The molecule has 2 amide bonds. The van der Waals surface area contributed by atoms with Crippen molar-refractivity contribution < 1.29 is 23.1 Å². The lowest BCUT2D eigenvalue weighted by atomic mass is 10.1. The topological polar surface area (TPSA) is 67.4 Å². The van der Waals surface area contributed by atoms with Crippen molar-refractivity contribution in [2.75, 3.05) is 6.61 Å². The van der Waals surface area contributed by atoms with Gasteiger partial charge in [0.05, 0.1) is 6.61 Å². The lowest BCUT2D eigenvalue weighted by molar-refractivity contribution is -0.122. The molecule has 0 atom stereocenters. The van der Waals surface area contributed by atoms with Crippen LogP contribution in [0, 0.1) is 11.6 Å². The zero-order valence-electron chi connectivity index (χ0n) is 14.4. The maximum Gasteiger partial charge on any atom is 0.269 e. The smallest absolute Gasteiger partial charge is 0.269 e. The summed E-state index contributed by atoms with van der Waals surface area (Å²) in [4.78, 5) is 23.6. The number of hydrogen-bond donors (Lipinski definition) is 2. The number of halogens is 2. The molecule has 0 bridgehead atoms. The summed E-state index contributed by atoms with van der Waals surface area (Å²) in [7, 11) is 0. The summed E-state index contributed by atoms with van der Waals surface area (Å²) in [5.41, 5.74) is 6.19. The number of ether oxygens (including phenoxy) is 1. The molecule has 0 heterocycles. The van der Waals surface area contributed by atoms with E-state index in [1.807, 2.05) is 19.1 Å². The third-order valence-electron chi connectivity index (χ3n) is 3.64. The highest BCUT2D eigenvalue weighted by Crippen LogP contribution is 2.17. The van der Waals surface area contributed by atoms with Crippen molar-refractivity contribution in [3.63, 3.8) is 0 Å². The van der Waals surface area contributed by atoms with Crippen LogP contribution in [-0.4, -0.2) is 18.4 Å². The second kappa shape index (κ2) is 9.50. The Balaban J connectivity index is 1.67. The highest BCUT2D eigenvalue weighted by atomic mass is 19.1. The molecule has 0 spiro atoms. The van der Waals surface area contributed by atoms with Crippen molar-refractivity contribution >= 4 is 11.8 Å². The molecule has 2 rings (SSSR count). The molecule has 0 fully saturated rings. The molecular weight excluding hydrogens is 342 g/mol. The molecule has 0 saturated carbocycles. The van der Waals surface area contributed by atoms with E-state index in [2.05, 4.69) is 10.9 Å². The summed E-state index contributed by atoms with van der Waals surface area (Å²) in [5, 5.41) is 0. The summed E-state index contributed by atoms with van der Waals surface area (Å²) >= 11 is 0. The van der Waals surface area contributed by atoms with Crippen LogP contribution in [0.5, 0.6) is 5.75 Å². The average molecular weight is 362 g/mol. The van der Waals surface area contributed by atoms with Gasteiger partial charge in [-0.25, -0.2) is 8.78 Å². The van der Waals surface area contributed by atoms with Crippen LogP contribution in [0.4, 0.5) is 8.78 Å². The quantitative estimate of drug-likeness (QED) is 0.587. The number of hydrogen-bond acceptors (Lipinski definition) is 3. The first-order chi connectivity index (χ1) is 12.5. The first-order valence-electron chi connectivity index (χ1n) is 8.25. The van der Waals surface area contributed by atoms with Crippen LogP contribution in [-0.2, 0) is 11.2 Å². The van der Waals surface area contributed by atoms with Crippen molar-refractivity contribution in [3.8, 4) is 5.75 Å². The van der Waals surface area contributed by atoms with Crippen molar-refractivity contribution in [1.29, 1.82) is 0 Å². The van der Waals surface area contributed by atoms with Crippen LogP contribution in [0.25, 0.3) is 0 Å². The number of carbonyl (C=O) groups excluding carboxylic acids is 2. The van der Waals surface area contributed by atoms with E-state index in [1.54, 1.807) is 12.1 Å². The van der Waals surface area contributed by atoms with E-state index < -0.39 is 23.4 Å². The highest BCUT2D eigenvalue weighted by molar-refractivity contribution is 5.95. The largest absolute Gasteiger partial charge is 0.491 e. The Hall–Kier alpha value is -2.96. The highest BCUT2D eigenvalue weighted by Gasteiger charge is 2.08. The average Bonchev–Trinajstić information content (AvgIpc) is 2.64. The molecule has 5 nitrogen and oxygen atoms in total. The number of nitrogens with one attached hydrogen (secondary N) is 2. The Morgan fingerprint density at radius 2 is 1.77 bits per heavy atom. The Bertz CT molecular complexity index is 764. The minimum Gasteiger partial charge on any atom is -0.491 e. The number of carbonyl (C=O) groups is 2. The van der Waals surface area contributed by atoms with Gasteiger partial charge >= 0.3 is 0 Å². The number of rotatable bonds is 7. The fraction of sp³-hybridized carbons (Fsp3) is 0.263.